The quantitative estimate of drug-likeness (QED) is 0.792. The largest absolute Gasteiger partial charge is 0.483 e. The second kappa shape index (κ2) is 7.22. The van der Waals surface area contributed by atoms with Gasteiger partial charge in [0.25, 0.3) is 0 Å². The van der Waals surface area contributed by atoms with Gasteiger partial charge in [0.1, 0.15) is 12.1 Å². The first-order chi connectivity index (χ1) is 9.34. The molecule has 0 fully saturated rings. The van der Waals surface area contributed by atoms with Crippen molar-refractivity contribution in [1.29, 1.82) is 0 Å². The molecule has 1 aliphatic heterocycles. The van der Waals surface area contributed by atoms with Crippen LogP contribution in [0.1, 0.15) is 13.8 Å². The number of ether oxygens (including phenoxy) is 2. The van der Waals surface area contributed by atoms with Gasteiger partial charge in [-0.25, -0.2) is 9.98 Å². The van der Waals surface area contributed by atoms with E-state index in [2.05, 4.69) is 31.9 Å². The number of aliphatic imine (C=N–C) groups is 2. The molecule has 0 amide bonds. The van der Waals surface area contributed by atoms with E-state index < -0.39 is 8.07 Å². The number of hydrogen-bond donors (Lipinski definition) is 1. The molecule has 1 heterocycles. The lowest BCUT2D eigenvalue weighted by molar-refractivity contribution is 0.315. The van der Waals surface area contributed by atoms with Gasteiger partial charge in [-0.15, -0.1) is 0 Å². The maximum atomic E-state index is 9.18. The SMILES string of the molecule is COC1=N[C@H](C(C)C)C(OC)=N[C@H]1C[Si](C)(C)CCO. The van der Waals surface area contributed by atoms with E-state index in [1.54, 1.807) is 14.2 Å². The fraction of sp³-hybridized carbons (Fsp3) is 0.857. The summed E-state index contributed by atoms with van der Waals surface area (Å²) in [6.45, 7) is 8.95. The minimum Gasteiger partial charge on any atom is -0.483 e. The van der Waals surface area contributed by atoms with Gasteiger partial charge in [0.2, 0.25) is 11.8 Å². The summed E-state index contributed by atoms with van der Waals surface area (Å²) in [7, 11) is 1.78. The monoisotopic (exact) mass is 300 g/mol. The highest BCUT2D eigenvalue weighted by atomic mass is 28.3. The molecule has 0 saturated carbocycles. The van der Waals surface area contributed by atoms with E-state index in [1.807, 2.05) is 0 Å². The molecule has 0 bridgehead atoms. The van der Waals surface area contributed by atoms with Crippen LogP contribution in [0, 0.1) is 5.92 Å². The molecule has 1 aliphatic rings. The van der Waals surface area contributed by atoms with Crippen molar-refractivity contribution in [2.75, 3.05) is 20.8 Å². The van der Waals surface area contributed by atoms with E-state index in [4.69, 9.17) is 14.5 Å². The summed E-state index contributed by atoms with van der Waals surface area (Å²) in [5.41, 5.74) is 0. The molecule has 5 nitrogen and oxygen atoms in total. The summed E-state index contributed by atoms with van der Waals surface area (Å²) in [6, 6.07) is 1.65. The number of rotatable bonds is 5. The van der Waals surface area contributed by atoms with Crippen molar-refractivity contribution in [2.45, 2.75) is 51.1 Å². The summed E-state index contributed by atoms with van der Waals surface area (Å²) in [6.07, 6.45) is 0. The zero-order valence-corrected chi connectivity index (χ0v) is 14.5. The van der Waals surface area contributed by atoms with Crippen LogP contribution in [0.25, 0.3) is 0 Å². The van der Waals surface area contributed by atoms with Gasteiger partial charge in [0, 0.05) is 6.61 Å². The Morgan fingerprint density at radius 1 is 1.15 bits per heavy atom. The summed E-state index contributed by atoms with van der Waals surface area (Å²) < 4.78 is 10.9. The van der Waals surface area contributed by atoms with E-state index in [1.165, 1.54) is 0 Å². The van der Waals surface area contributed by atoms with Gasteiger partial charge in [-0.05, 0) is 18.0 Å². The zero-order valence-electron chi connectivity index (χ0n) is 13.5. The molecule has 2 atom stereocenters. The van der Waals surface area contributed by atoms with Gasteiger partial charge in [-0.2, -0.15) is 0 Å². The minimum atomic E-state index is -1.51. The molecule has 0 unspecified atom stereocenters. The van der Waals surface area contributed by atoms with Crippen LogP contribution in [-0.4, -0.2) is 57.9 Å². The van der Waals surface area contributed by atoms with Crippen molar-refractivity contribution in [3.05, 3.63) is 0 Å². The first-order valence-corrected chi connectivity index (χ1v) is 10.6. The number of hydrogen-bond acceptors (Lipinski definition) is 5. The van der Waals surface area contributed by atoms with Crippen molar-refractivity contribution in [1.82, 2.24) is 0 Å². The van der Waals surface area contributed by atoms with Crippen LogP contribution in [0.15, 0.2) is 9.98 Å². The molecule has 1 N–H and O–H groups in total. The van der Waals surface area contributed by atoms with Crippen molar-refractivity contribution < 1.29 is 14.6 Å². The maximum absolute atomic E-state index is 9.18. The lowest BCUT2D eigenvalue weighted by Gasteiger charge is -2.31. The van der Waals surface area contributed by atoms with Gasteiger partial charge in [0.05, 0.1) is 22.3 Å². The third-order valence-electron chi connectivity index (χ3n) is 3.67. The topological polar surface area (TPSA) is 63.4 Å². The van der Waals surface area contributed by atoms with E-state index >= 15 is 0 Å². The molecule has 116 valence electrons. The van der Waals surface area contributed by atoms with E-state index in [9.17, 15) is 5.11 Å². The molecular formula is C14H28N2O3Si. The molecule has 6 heteroatoms. The van der Waals surface area contributed by atoms with Crippen LogP contribution in [0.4, 0.5) is 0 Å². The Bertz CT molecular complexity index is 381. The second-order valence-electron chi connectivity index (χ2n) is 6.39. The van der Waals surface area contributed by atoms with Crippen LogP contribution in [0.3, 0.4) is 0 Å². The summed E-state index contributed by atoms with van der Waals surface area (Å²) in [5.74, 6) is 1.71. The van der Waals surface area contributed by atoms with Gasteiger partial charge in [-0.3, -0.25) is 0 Å². The van der Waals surface area contributed by atoms with Crippen molar-refractivity contribution >= 4 is 19.9 Å². The Labute approximate surface area is 123 Å². The lowest BCUT2D eigenvalue weighted by Crippen LogP contribution is -2.41. The molecule has 20 heavy (non-hydrogen) atoms. The third-order valence-corrected chi connectivity index (χ3v) is 6.74. The predicted molar refractivity (Wildman–Crippen MR) is 85.5 cm³/mol. The fourth-order valence-electron chi connectivity index (χ4n) is 2.42. The highest BCUT2D eigenvalue weighted by Gasteiger charge is 2.34. The summed E-state index contributed by atoms with van der Waals surface area (Å²) >= 11 is 0. The number of aliphatic hydroxyl groups excluding tert-OH is 1. The van der Waals surface area contributed by atoms with Crippen LogP contribution in [-0.2, 0) is 9.47 Å². The smallest absolute Gasteiger partial charge is 0.209 e. The highest BCUT2D eigenvalue weighted by Crippen LogP contribution is 2.25. The molecule has 0 aromatic rings. The van der Waals surface area contributed by atoms with Gasteiger partial charge in [-0.1, -0.05) is 26.9 Å². The Balaban J connectivity index is 2.95. The number of aliphatic hydroxyl groups is 1. The Morgan fingerprint density at radius 3 is 2.20 bits per heavy atom. The second-order valence-corrected chi connectivity index (χ2v) is 11.6. The summed E-state index contributed by atoms with van der Waals surface area (Å²) in [5, 5.41) is 9.18. The minimum absolute atomic E-state index is 0.0613. The third kappa shape index (κ3) is 4.31. The highest BCUT2D eigenvalue weighted by molar-refractivity contribution is 6.77. The fourth-order valence-corrected chi connectivity index (χ4v) is 4.54. The Morgan fingerprint density at radius 2 is 1.75 bits per heavy atom. The zero-order chi connectivity index (χ0) is 15.3. The standard InChI is InChI=1S/C14H28N2O3Si/c1-10(2)12-14(19-4)15-11(13(16-12)18-3)9-20(5,6)8-7-17/h10-12,17H,7-9H2,1-6H3/t11-,12+/m0/s1. The Kier molecular flexibility index (Phi) is 6.20. The number of methoxy groups -OCH3 is 2. The summed E-state index contributed by atoms with van der Waals surface area (Å²) in [4.78, 5) is 9.39. The average Bonchev–Trinajstić information content (AvgIpc) is 2.37. The molecule has 0 radical (unpaired) electrons. The molecule has 0 spiro atoms. The maximum Gasteiger partial charge on any atom is 0.209 e. The van der Waals surface area contributed by atoms with Crippen molar-refractivity contribution in [3.8, 4) is 0 Å². The van der Waals surface area contributed by atoms with E-state index in [0.717, 1.165) is 12.1 Å². The molecule has 0 aromatic heterocycles. The molecule has 0 saturated heterocycles. The van der Waals surface area contributed by atoms with Gasteiger partial charge < -0.3 is 14.6 Å². The normalized spacial score (nSPS) is 23.4. The van der Waals surface area contributed by atoms with E-state index in [-0.39, 0.29) is 18.7 Å². The Hall–Kier alpha value is -0.883. The van der Waals surface area contributed by atoms with Gasteiger partial charge in [0.15, 0.2) is 0 Å². The van der Waals surface area contributed by atoms with Crippen LogP contribution in [0.2, 0.25) is 25.2 Å². The van der Waals surface area contributed by atoms with Crippen molar-refractivity contribution in [3.63, 3.8) is 0 Å². The van der Waals surface area contributed by atoms with Crippen LogP contribution < -0.4 is 0 Å². The van der Waals surface area contributed by atoms with Crippen LogP contribution >= 0.6 is 0 Å². The molecule has 0 aliphatic carbocycles. The predicted octanol–water partition coefficient (Wildman–Crippen LogP) is 2.18. The average molecular weight is 300 g/mol. The number of nitrogens with zero attached hydrogens (tertiary/aromatic N) is 2. The first-order valence-electron chi connectivity index (χ1n) is 7.19. The molecule has 1 rings (SSSR count). The molecule has 0 aromatic carbocycles. The van der Waals surface area contributed by atoms with E-state index in [0.29, 0.717) is 17.7 Å². The lowest BCUT2D eigenvalue weighted by atomic mass is 10.0. The van der Waals surface area contributed by atoms with Gasteiger partial charge >= 0.3 is 0 Å². The van der Waals surface area contributed by atoms with Crippen LogP contribution in [0.5, 0.6) is 0 Å². The van der Waals surface area contributed by atoms with Crippen molar-refractivity contribution in [2.24, 2.45) is 15.9 Å². The first kappa shape index (κ1) is 17.2. The molecular weight excluding hydrogens is 272 g/mol.